The Hall–Kier alpha value is -2.75. The van der Waals surface area contributed by atoms with Gasteiger partial charge in [-0.15, -0.1) is 11.3 Å². The predicted octanol–water partition coefficient (Wildman–Crippen LogP) is 3.29. The molecule has 3 rings (SSSR count). The first-order chi connectivity index (χ1) is 14.4. The number of carbonyl (C=O) groups excluding carboxylic acids is 2. The van der Waals surface area contributed by atoms with E-state index >= 15 is 0 Å². The van der Waals surface area contributed by atoms with Crippen LogP contribution in [0.15, 0.2) is 53.0 Å². The highest BCUT2D eigenvalue weighted by atomic mass is 32.1. The summed E-state index contributed by atoms with van der Waals surface area (Å²) in [5.41, 5.74) is 1.66. The zero-order valence-corrected chi connectivity index (χ0v) is 18.5. The number of benzene rings is 1. The molecule has 1 aromatic heterocycles. The van der Waals surface area contributed by atoms with Crippen molar-refractivity contribution in [3.63, 3.8) is 0 Å². The summed E-state index contributed by atoms with van der Waals surface area (Å²) in [6, 6.07) is 9.90. The molecular weight excluding hydrogens is 424 g/mol. The Bertz CT molecular complexity index is 972. The Morgan fingerprint density at radius 3 is 2.63 bits per heavy atom. The van der Waals surface area contributed by atoms with Crippen LogP contribution in [0, 0.1) is 0 Å². The van der Waals surface area contributed by atoms with Crippen molar-refractivity contribution in [1.82, 2.24) is 10.2 Å². The molecule has 0 aliphatic carbocycles. The van der Waals surface area contributed by atoms with Crippen LogP contribution in [0.1, 0.15) is 28.2 Å². The van der Waals surface area contributed by atoms with Crippen LogP contribution >= 0.6 is 23.6 Å². The predicted molar refractivity (Wildman–Crippen MR) is 117 cm³/mol. The molecule has 1 aliphatic heterocycles. The van der Waals surface area contributed by atoms with Crippen LogP contribution in [-0.4, -0.2) is 49.3 Å². The van der Waals surface area contributed by atoms with Gasteiger partial charge in [0, 0.05) is 25.4 Å². The maximum atomic E-state index is 12.9. The van der Waals surface area contributed by atoms with E-state index < -0.39 is 18.0 Å². The van der Waals surface area contributed by atoms with Crippen LogP contribution in [-0.2, 0) is 14.3 Å². The molecule has 2 aromatic rings. The van der Waals surface area contributed by atoms with Crippen LogP contribution in [0.5, 0.6) is 5.75 Å². The van der Waals surface area contributed by atoms with E-state index in [2.05, 4.69) is 5.32 Å². The Labute approximate surface area is 184 Å². The summed E-state index contributed by atoms with van der Waals surface area (Å²) in [4.78, 5) is 27.6. The number of carbonyl (C=O) groups is 2. The number of hydrogen-bond acceptors (Lipinski definition) is 7. The second-order valence-corrected chi connectivity index (χ2v) is 7.81. The second kappa shape index (κ2) is 9.84. The Morgan fingerprint density at radius 1 is 1.17 bits per heavy atom. The minimum absolute atomic E-state index is 0.127. The molecule has 9 heteroatoms. The minimum atomic E-state index is -0.629. The number of nitrogens with zero attached hydrogens (tertiary/aromatic N) is 1. The van der Waals surface area contributed by atoms with Crippen molar-refractivity contribution in [2.45, 2.75) is 13.0 Å². The largest absolute Gasteiger partial charge is 0.460 e. The number of thiophene rings is 1. The lowest BCUT2D eigenvalue weighted by molar-refractivity contribution is -0.140. The number of para-hydroxylation sites is 1. The Balaban J connectivity index is 1.96. The van der Waals surface area contributed by atoms with Gasteiger partial charge in [-0.2, -0.15) is 0 Å². The van der Waals surface area contributed by atoms with E-state index in [1.165, 1.54) is 18.4 Å². The quantitative estimate of drug-likeness (QED) is 0.301. The number of allylic oxidation sites excluding steroid dienone is 1. The van der Waals surface area contributed by atoms with Crippen LogP contribution in [0.25, 0.3) is 0 Å². The van der Waals surface area contributed by atoms with Crippen LogP contribution < -0.4 is 10.1 Å². The highest BCUT2D eigenvalue weighted by Crippen LogP contribution is 2.36. The molecule has 1 unspecified atom stereocenters. The van der Waals surface area contributed by atoms with Crippen LogP contribution in [0.3, 0.4) is 0 Å². The first kappa shape index (κ1) is 21.9. The van der Waals surface area contributed by atoms with Gasteiger partial charge in [0.1, 0.15) is 17.2 Å². The van der Waals surface area contributed by atoms with Gasteiger partial charge in [-0.25, -0.2) is 9.59 Å². The first-order valence-corrected chi connectivity index (χ1v) is 10.5. The molecule has 0 radical (unpaired) electrons. The molecule has 1 atom stereocenters. The minimum Gasteiger partial charge on any atom is -0.460 e. The molecule has 1 aromatic carbocycles. The lowest BCUT2D eigenvalue weighted by atomic mass is 9.94. The van der Waals surface area contributed by atoms with E-state index in [0.29, 0.717) is 39.2 Å². The first-order valence-electron chi connectivity index (χ1n) is 9.19. The van der Waals surface area contributed by atoms with Gasteiger partial charge in [-0.3, -0.25) is 0 Å². The molecule has 7 nitrogen and oxygen atoms in total. The van der Waals surface area contributed by atoms with Crippen molar-refractivity contribution in [2.24, 2.45) is 0 Å². The maximum Gasteiger partial charge on any atom is 0.353 e. The number of methoxy groups -OCH3 is 1. The normalized spacial score (nSPS) is 16.3. The SMILES string of the molecule is COCCOC(=O)C1=C(C)N(C)C(=S)NC1c1ccccc1OC(=O)c1cccs1. The van der Waals surface area contributed by atoms with Crippen molar-refractivity contribution in [3.05, 3.63) is 63.5 Å². The topological polar surface area (TPSA) is 77.1 Å². The molecule has 158 valence electrons. The van der Waals surface area contributed by atoms with Crippen LogP contribution in [0.2, 0.25) is 0 Å². The third kappa shape index (κ3) is 4.69. The fourth-order valence-corrected chi connectivity index (χ4v) is 3.84. The number of thiocarbonyl (C=S) groups is 1. The van der Waals surface area contributed by atoms with E-state index in [0.717, 1.165) is 0 Å². The summed E-state index contributed by atoms with van der Waals surface area (Å²) < 4.78 is 16.0. The van der Waals surface area contributed by atoms with Crippen molar-refractivity contribution < 1.29 is 23.8 Å². The van der Waals surface area contributed by atoms with Crippen molar-refractivity contribution in [1.29, 1.82) is 0 Å². The van der Waals surface area contributed by atoms with E-state index in [1.54, 1.807) is 54.6 Å². The van der Waals surface area contributed by atoms with E-state index in [1.807, 2.05) is 6.07 Å². The van der Waals surface area contributed by atoms with Crippen molar-refractivity contribution in [3.8, 4) is 5.75 Å². The fraction of sp³-hybridized carbons (Fsp3) is 0.286. The van der Waals surface area contributed by atoms with E-state index in [-0.39, 0.29) is 6.61 Å². The summed E-state index contributed by atoms with van der Waals surface area (Å²) in [5.74, 6) is -0.607. The van der Waals surface area contributed by atoms with Gasteiger partial charge < -0.3 is 24.4 Å². The van der Waals surface area contributed by atoms with Gasteiger partial charge in [0.05, 0.1) is 18.2 Å². The maximum absolute atomic E-state index is 12.9. The van der Waals surface area contributed by atoms with Gasteiger partial charge in [0.2, 0.25) is 0 Å². The summed E-state index contributed by atoms with van der Waals surface area (Å²) in [5, 5.41) is 5.42. The number of esters is 2. The standard InChI is InChI=1S/C21H22N2O5S2/c1-13-17(20(25)27-11-10-26-3)18(22-21(29)23(13)2)14-7-4-5-8-15(14)28-19(24)16-9-6-12-30-16/h4-9,12,18H,10-11H2,1-3H3,(H,22,29). The average Bonchev–Trinajstić information content (AvgIpc) is 3.27. The lowest BCUT2D eigenvalue weighted by Gasteiger charge is -2.35. The summed E-state index contributed by atoms with van der Waals surface area (Å²) >= 11 is 6.72. The molecule has 0 fully saturated rings. The molecule has 30 heavy (non-hydrogen) atoms. The molecule has 1 aliphatic rings. The number of ether oxygens (including phenoxy) is 3. The highest BCUT2D eigenvalue weighted by Gasteiger charge is 2.35. The molecule has 0 amide bonds. The molecule has 0 saturated heterocycles. The third-order valence-corrected chi connectivity index (χ3v) is 5.89. The summed E-state index contributed by atoms with van der Waals surface area (Å²) in [6.07, 6.45) is 0. The molecule has 1 N–H and O–H groups in total. The van der Waals surface area contributed by atoms with Gasteiger partial charge in [0.15, 0.2) is 5.11 Å². The van der Waals surface area contributed by atoms with Gasteiger partial charge >= 0.3 is 11.9 Å². The third-order valence-electron chi connectivity index (χ3n) is 4.65. The Morgan fingerprint density at radius 2 is 1.93 bits per heavy atom. The molecule has 0 spiro atoms. The smallest absolute Gasteiger partial charge is 0.353 e. The Kier molecular flexibility index (Phi) is 7.20. The van der Waals surface area contributed by atoms with Gasteiger partial charge in [-0.1, -0.05) is 24.3 Å². The van der Waals surface area contributed by atoms with E-state index in [9.17, 15) is 9.59 Å². The number of rotatable bonds is 7. The molecule has 0 saturated carbocycles. The van der Waals surface area contributed by atoms with E-state index in [4.69, 9.17) is 26.4 Å². The number of nitrogens with one attached hydrogen (secondary N) is 1. The zero-order chi connectivity index (χ0) is 21.7. The second-order valence-electron chi connectivity index (χ2n) is 6.47. The monoisotopic (exact) mass is 446 g/mol. The molecular formula is C21H22N2O5S2. The average molecular weight is 447 g/mol. The highest BCUT2D eigenvalue weighted by molar-refractivity contribution is 7.80. The van der Waals surface area contributed by atoms with Crippen LogP contribution in [0.4, 0.5) is 0 Å². The number of hydrogen-bond donors (Lipinski definition) is 1. The van der Waals surface area contributed by atoms with Crippen molar-refractivity contribution >= 4 is 40.6 Å². The zero-order valence-electron chi connectivity index (χ0n) is 16.8. The summed E-state index contributed by atoms with van der Waals surface area (Å²) in [6.45, 7) is 2.22. The summed E-state index contributed by atoms with van der Waals surface area (Å²) in [7, 11) is 3.31. The molecule has 0 bridgehead atoms. The molecule has 2 heterocycles. The lowest BCUT2D eigenvalue weighted by Crippen LogP contribution is -2.46. The van der Waals surface area contributed by atoms with Gasteiger partial charge in [0.25, 0.3) is 0 Å². The van der Waals surface area contributed by atoms with Gasteiger partial charge in [-0.05, 0) is 36.7 Å². The fourth-order valence-electron chi connectivity index (χ4n) is 2.99. The van der Waals surface area contributed by atoms with Crippen molar-refractivity contribution in [2.75, 3.05) is 27.4 Å².